The lowest BCUT2D eigenvalue weighted by atomic mass is 10.2. The number of hydrogen-bond donors (Lipinski definition) is 0. The van der Waals surface area contributed by atoms with Gasteiger partial charge in [0.15, 0.2) is 16.6 Å². The van der Waals surface area contributed by atoms with E-state index < -0.39 is 21.0 Å². The third-order valence-corrected chi connectivity index (χ3v) is 6.10. The standard InChI is InChI=1S/C17H16N4O3S2/c1-12(2)25(22)19-11-14-10-18-17-16(20-14)8-9-21(17)26(23,24)15-6-4-13(3)5-7-15/h4-11H,1H2,2-3H3. The summed E-state index contributed by atoms with van der Waals surface area (Å²) in [4.78, 5) is 9.06. The van der Waals surface area contributed by atoms with Crippen molar-refractivity contribution in [1.82, 2.24) is 13.9 Å². The third kappa shape index (κ3) is 3.49. The molecule has 0 spiro atoms. The molecule has 1 atom stereocenters. The molecule has 0 fully saturated rings. The molecule has 1 unspecified atom stereocenters. The van der Waals surface area contributed by atoms with Crippen LogP contribution in [0.5, 0.6) is 0 Å². The normalized spacial score (nSPS) is 13.3. The molecule has 7 nitrogen and oxygen atoms in total. The number of hydrogen-bond acceptors (Lipinski definition) is 5. The minimum atomic E-state index is -3.77. The van der Waals surface area contributed by atoms with Gasteiger partial charge in [-0.15, -0.1) is 0 Å². The number of benzene rings is 1. The van der Waals surface area contributed by atoms with Gasteiger partial charge < -0.3 is 0 Å². The molecule has 26 heavy (non-hydrogen) atoms. The smallest absolute Gasteiger partial charge is 0.242 e. The van der Waals surface area contributed by atoms with E-state index in [0.29, 0.717) is 16.1 Å². The van der Waals surface area contributed by atoms with E-state index in [1.165, 1.54) is 18.6 Å². The highest BCUT2D eigenvalue weighted by Crippen LogP contribution is 2.20. The van der Waals surface area contributed by atoms with Crippen LogP contribution in [0.1, 0.15) is 18.2 Å². The van der Waals surface area contributed by atoms with Gasteiger partial charge in [-0.2, -0.15) is 4.40 Å². The fourth-order valence-corrected chi connectivity index (χ4v) is 3.85. The summed E-state index contributed by atoms with van der Waals surface area (Å²) in [5, 5.41) is 0. The van der Waals surface area contributed by atoms with Crippen molar-refractivity contribution in [3.63, 3.8) is 0 Å². The van der Waals surface area contributed by atoms with E-state index in [-0.39, 0.29) is 10.5 Å². The van der Waals surface area contributed by atoms with Crippen molar-refractivity contribution >= 4 is 38.4 Å². The molecule has 0 N–H and O–H groups in total. The molecule has 1 aromatic carbocycles. The van der Waals surface area contributed by atoms with Gasteiger partial charge in [0.2, 0.25) is 0 Å². The predicted octanol–water partition coefficient (Wildman–Crippen LogP) is 2.59. The van der Waals surface area contributed by atoms with Crippen LogP contribution >= 0.6 is 0 Å². The van der Waals surface area contributed by atoms with Gasteiger partial charge in [0.25, 0.3) is 10.0 Å². The van der Waals surface area contributed by atoms with E-state index >= 15 is 0 Å². The summed E-state index contributed by atoms with van der Waals surface area (Å²) < 4.78 is 42.1. The summed E-state index contributed by atoms with van der Waals surface area (Å²) in [6.45, 7) is 7.06. The van der Waals surface area contributed by atoms with Gasteiger partial charge >= 0.3 is 0 Å². The van der Waals surface area contributed by atoms with Crippen LogP contribution in [0.2, 0.25) is 0 Å². The highest BCUT2D eigenvalue weighted by atomic mass is 32.2. The first kappa shape index (κ1) is 18.2. The molecule has 0 aliphatic rings. The molecule has 0 aliphatic carbocycles. The molecular weight excluding hydrogens is 372 g/mol. The second kappa shape index (κ2) is 6.93. The molecule has 3 aromatic rings. The van der Waals surface area contributed by atoms with Gasteiger partial charge in [-0.05, 0) is 32.0 Å². The summed E-state index contributed by atoms with van der Waals surface area (Å²) in [7, 11) is -5.30. The van der Waals surface area contributed by atoms with Gasteiger partial charge in [0.05, 0.1) is 17.3 Å². The molecule has 9 heteroatoms. The van der Waals surface area contributed by atoms with Gasteiger partial charge in [0, 0.05) is 11.1 Å². The molecule has 3 rings (SSSR count). The monoisotopic (exact) mass is 388 g/mol. The number of aryl methyl sites for hydroxylation is 1. The van der Waals surface area contributed by atoms with E-state index in [0.717, 1.165) is 9.54 Å². The summed E-state index contributed by atoms with van der Waals surface area (Å²) in [6, 6.07) is 8.14. The minimum absolute atomic E-state index is 0.171. The van der Waals surface area contributed by atoms with E-state index in [2.05, 4.69) is 20.9 Å². The SMILES string of the molecule is C=C(C)S(=O)N=Cc1cnc2c(ccn2S(=O)(=O)c2ccc(C)cc2)n1. The molecule has 2 aromatic heterocycles. The average Bonchev–Trinajstić information content (AvgIpc) is 3.03. The van der Waals surface area contributed by atoms with Gasteiger partial charge in [-0.25, -0.2) is 26.6 Å². The van der Waals surface area contributed by atoms with E-state index in [4.69, 9.17) is 0 Å². The number of fused-ring (bicyclic) bond motifs is 1. The van der Waals surface area contributed by atoms with Crippen LogP contribution in [0.4, 0.5) is 0 Å². The molecule has 0 aliphatic heterocycles. The van der Waals surface area contributed by atoms with Crippen LogP contribution in [0.3, 0.4) is 0 Å². The Balaban J connectivity index is 2.00. The second-order valence-corrected chi connectivity index (χ2v) is 8.84. The van der Waals surface area contributed by atoms with E-state index in [1.807, 2.05) is 6.92 Å². The first-order valence-electron chi connectivity index (χ1n) is 7.57. The summed E-state index contributed by atoms with van der Waals surface area (Å²) in [5.74, 6) is 0. The van der Waals surface area contributed by atoms with Crippen LogP contribution < -0.4 is 0 Å². The van der Waals surface area contributed by atoms with Gasteiger partial charge in [-0.3, -0.25) is 0 Å². The van der Waals surface area contributed by atoms with Crippen LogP contribution in [0.25, 0.3) is 11.2 Å². The topological polar surface area (TPSA) is 94.3 Å². The minimum Gasteiger partial charge on any atom is -0.242 e. The average molecular weight is 388 g/mol. The van der Waals surface area contributed by atoms with Crippen LogP contribution in [0, 0.1) is 6.92 Å². The number of nitrogens with zero attached hydrogens (tertiary/aromatic N) is 4. The lowest BCUT2D eigenvalue weighted by molar-refractivity contribution is 0.588. The van der Waals surface area contributed by atoms with Crippen molar-refractivity contribution in [3.05, 3.63) is 65.5 Å². The zero-order valence-corrected chi connectivity index (χ0v) is 15.8. The molecule has 134 valence electrons. The number of rotatable bonds is 5. The highest BCUT2D eigenvalue weighted by Gasteiger charge is 2.20. The van der Waals surface area contributed by atoms with Crippen LogP contribution in [-0.4, -0.2) is 32.8 Å². The van der Waals surface area contributed by atoms with E-state index in [1.54, 1.807) is 37.3 Å². The Hall–Kier alpha value is -2.65. The quantitative estimate of drug-likeness (QED) is 0.626. The molecule has 0 saturated heterocycles. The van der Waals surface area contributed by atoms with Crippen molar-refractivity contribution in [2.45, 2.75) is 18.7 Å². The zero-order chi connectivity index (χ0) is 18.9. The van der Waals surface area contributed by atoms with E-state index in [9.17, 15) is 12.6 Å². The van der Waals surface area contributed by atoms with Crippen molar-refractivity contribution in [1.29, 1.82) is 0 Å². The number of aromatic nitrogens is 3. The fraction of sp³-hybridized carbons (Fsp3) is 0.118. The molecule has 0 saturated carbocycles. The Morgan fingerprint density at radius 3 is 2.62 bits per heavy atom. The third-order valence-electron chi connectivity index (χ3n) is 3.53. The highest BCUT2D eigenvalue weighted by molar-refractivity contribution is 7.90. The number of allylic oxidation sites excluding steroid dienone is 1. The maximum Gasteiger partial charge on any atom is 0.269 e. The van der Waals surface area contributed by atoms with Gasteiger partial charge in [0.1, 0.15) is 11.2 Å². The summed E-state index contributed by atoms with van der Waals surface area (Å²) in [5.41, 5.74) is 1.95. The Morgan fingerprint density at radius 2 is 1.96 bits per heavy atom. The lowest BCUT2D eigenvalue weighted by Crippen LogP contribution is -2.12. The Bertz CT molecular complexity index is 1150. The lowest BCUT2D eigenvalue weighted by Gasteiger charge is -2.07. The van der Waals surface area contributed by atoms with Crippen molar-refractivity contribution in [2.24, 2.45) is 4.40 Å². The predicted molar refractivity (Wildman–Crippen MR) is 102 cm³/mol. The fourth-order valence-electron chi connectivity index (χ4n) is 2.17. The van der Waals surface area contributed by atoms with Crippen molar-refractivity contribution in [2.75, 3.05) is 0 Å². The Morgan fingerprint density at radius 1 is 1.27 bits per heavy atom. The molecule has 2 heterocycles. The summed E-state index contributed by atoms with van der Waals surface area (Å²) in [6.07, 6.45) is 4.11. The second-order valence-electron chi connectivity index (χ2n) is 5.62. The first-order valence-corrected chi connectivity index (χ1v) is 10.1. The van der Waals surface area contributed by atoms with Crippen LogP contribution in [0.15, 0.2) is 63.5 Å². The first-order chi connectivity index (χ1) is 12.3. The van der Waals surface area contributed by atoms with Crippen molar-refractivity contribution < 1.29 is 12.6 Å². The van der Waals surface area contributed by atoms with Gasteiger partial charge in [-0.1, -0.05) is 24.3 Å². The zero-order valence-electron chi connectivity index (χ0n) is 14.2. The maximum atomic E-state index is 12.8. The Kier molecular flexibility index (Phi) is 4.84. The molecule has 0 radical (unpaired) electrons. The maximum absolute atomic E-state index is 12.8. The van der Waals surface area contributed by atoms with Crippen LogP contribution in [-0.2, 0) is 21.0 Å². The molecule has 0 amide bonds. The Labute approximate surface area is 153 Å². The molecule has 0 bridgehead atoms. The van der Waals surface area contributed by atoms with Crippen molar-refractivity contribution in [3.8, 4) is 0 Å². The summed E-state index contributed by atoms with van der Waals surface area (Å²) >= 11 is 0. The molecular formula is C17H16N4O3S2. The largest absolute Gasteiger partial charge is 0.269 e.